The summed E-state index contributed by atoms with van der Waals surface area (Å²) in [6.07, 6.45) is 1.45. The summed E-state index contributed by atoms with van der Waals surface area (Å²) in [5, 5.41) is 0. The molecule has 0 fully saturated rings. The first kappa shape index (κ1) is 11.0. The Balaban J connectivity index is 3.71. The Bertz CT molecular complexity index is 186. The van der Waals surface area contributed by atoms with Gasteiger partial charge in [0.15, 0.2) is 0 Å². The van der Waals surface area contributed by atoms with Gasteiger partial charge in [-0.3, -0.25) is 4.79 Å². The summed E-state index contributed by atoms with van der Waals surface area (Å²) in [5.74, 6) is 5.60. The van der Waals surface area contributed by atoms with Gasteiger partial charge in [-0.25, -0.2) is 0 Å². The van der Waals surface area contributed by atoms with Gasteiger partial charge in [-0.1, -0.05) is 13.8 Å². The van der Waals surface area contributed by atoms with Crippen molar-refractivity contribution in [2.24, 2.45) is 5.92 Å². The van der Waals surface area contributed by atoms with E-state index in [2.05, 4.69) is 11.8 Å². The minimum atomic E-state index is -0.150. The second-order valence-corrected chi connectivity index (χ2v) is 2.56. The Morgan fingerprint density at radius 2 is 2.08 bits per heavy atom. The van der Waals surface area contributed by atoms with Gasteiger partial charge in [0.1, 0.15) is 0 Å². The number of rotatable bonds is 3. The lowest BCUT2D eigenvalue weighted by Gasteiger charge is -2.05. The fourth-order valence-corrected chi connectivity index (χ4v) is 0.718. The van der Waals surface area contributed by atoms with Crippen LogP contribution >= 0.6 is 0 Å². The molecule has 0 saturated carbocycles. The van der Waals surface area contributed by atoms with E-state index < -0.39 is 0 Å². The first-order valence-corrected chi connectivity index (χ1v) is 4.34. The maximum Gasteiger partial charge on any atom is 0.309 e. The van der Waals surface area contributed by atoms with E-state index in [4.69, 9.17) is 4.74 Å². The molecule has 68 valence electrons. The van der Waals surface area contributed by atoms with E-state index in [0.717, 1.165) is 6.42 Å². The van der Waals surface area contributed by atoms with Crippen molar-refractivity contribution in [3.05, 3.63) is 0 Å². The zero-order valence-corrected chi connectivity index (χ0v) is 8.02. The van der Waals surface area contributed by atoms with Crippen LogP contribution in [0.1, 0.15) is 33.6 Å². The zero-order valence-electron chi connectivity index (χ0n) is 8.02. The van der Waals surface area contributed by atoms with Crippen molar-refractivity contribution in [1.29, 1.82) is 0 Å². The molecule has 2 heteroatoms. The molecular formula is C10H16O2. The van der Waals surface area contributed by atoms with E-state index in [0.29, 0.717) is 13.0 Å². The highest BCUT2D eigenvalue weighted by atomic mass is 16.5. The van der Waals surface area contributed by atoms with E-state index in [1.807, 2.05) is 20.8 Å². The fourth-order valence-electron chi connectivity index (χ4n) is 0.718. The molecule has 0 aliphatic rings. The van der Waals surface area contributed by atoms with Crippen molar-refractivity contribution < 1.29 is 9.53 Å². The van der Waals surface area contributed by atoms with E-state index in [1.54, 1.807) is 0 Å². The van der Waals surface area contributed by atoms with Gasteiger partial charge >= 0.3 is 5.97 Å². The molecule has 0 aromatic rings. The van der Waals surface area contributed by atoms with Gasteiger partial charge in [0, 0.05) is 12.8 Å². The molecule has 0 N–H and O–H groups in total. The standard InChI is InChI=1S/C10H16O2/c1-4-6-7-8-9(3)10(11)12-5-2/h9H,4-5,8H2,1-3H3/t9-/m0/s1. The van der Waals surface area contributed by atoms with Crippen LogP contribution in [0.2, 0.25) is 0 Å². The van der Waals surface area contributed by atoms with Crippen LogP contribution in [0.4, 0.5) is 0 Å². The summed E-state index contributed by atoms with van der Waals surface area (Å²) in [7, 11) is 0. The van der Waals surface area contributed by atoms with E-state index in [-0.39, 0.29) is 11.9 Å². The summed E-state index contributed by atoms with van der Waals surface area (Å²) in [5.41, 5.74) is 0. The first-order chi connectivity index (χ1) is 5.72. The first-order valence-electron chi connectivity index (χ1n) is 4.34. The molecule has 0 heterocycles. The lowest BCUT2D eigenvalue weighted by Crippen LogP contribution is -2.13. The van der Waals surface area contributed by atoms with Gasteiger partial charge in [0.05, 0.1) is 12.5 Å². The Kier molecular flexibility index (Phi) is 6.18. The zero-order chi connectivity index (χ0) is 9.40. The van der Waals surface area contributed by atoms with Crippen LogP contribution in [-0.4, -0.2) is 12.6 Å². The lowest BCUT2D eigenvalue weighted by molar-refractivity contribution is -0.147. The molecule has 0 bridgehead atoms. The van der Waals surface area contributed by atoms with Crippen LogP contribution in [0, 0.1) is 17.8 Å². The number of hydrogen-bond acceptors (Lipinski definition) is 2. The van der Waals surface area contributed by atoms with Crippen molar-refractivity contribution in [3.63, 3.8) is 0 Å². The monoisotopic (exact) mass is 168 g/mol. The second-order valence-electron chi connectivity index (χ2n) is 2.56. The van der Waals surface area contributed by atoms with Crippen molar-refractivity contribution in [3.8, 4) is 11.8 Å². The topological polar surface area (TPSA) is 26.3 Å². The van der Waals surface area contributed by atoms with Gasteiger partial charge in [-0.15, -0.1) is 11.8 Å². The maximum absolute atomic E-state index is 11.0. The summed E-state index contributed by atoms with van der Waals surface area (Å²) in [6, 6.07) is 0. The average Bonchev–Trinajstić information content (AvgIpc) is 2.05. The minimum absolute atomic E-state index is 0.0935. The Morgan fingerprint density at radius 3 is 2.58 bits per heavy atom. The van der Waals surface area contributed by atoms with Crippen LogP contribution in [-0.2, 0) is 9.53 Å². The molecule has 0 unspecified atom stereocenters. The van der Waals surface area contributed by atoms with Gasteiger partial charge < -0.3 is 4.74 Å². The molecule has 0 aliphatic carbocycles. The smallest absolute Gasteiger partial charge is 0.309 e. The number of carbonyl (C=O) groups excluding carboxylic acids is 1. The third-order valence-electron chi connectivity index (χ3n) is 1.40. The predicted molar refractivity (Wildman–Crippen MR) is 48.5 cm³/mol. The quantitative estimate of drug-likeness (QED) is 0.476. The van der Waals surface area contributed by atoms with Gasteiger partial charge in [0.25, 0.3) is 0 Å². The summed E-state index contributed by atoms with van der Waals surface area (Å²) < 4.78 is 4.83. The SMILES string of the molecule is CCC#CC[C@H](C)C(=O)OCC. The molecule has 2 nitrogen and oxygen atoms in total. The van der Waals surface area contributed by atoms with Crippen molar-refractivity contribution >= 4 is 5.97 Å². The molecular weight excluding hydrogens is 152 g/mol. The van der Waals surface area contributed by atoms with Crippen molar-refractivity contribution in [2.75, 3.05) is 6.61 Å². The van der Waals surface area contributed by atoms with E-state index in [1.165, 1.54) is 0 Å². The Labute approximate surface area is 74.3 Å². The molecule has 0 saturated heterocycles. The Morgan fingerprint density at radius 1 is 1.42 bits per heavy atom. The molecule has 0 amide bonds. The maximum atomic E-state index is 11.0. The van der Waals surface area contributed by atoms with Crippen LogP contribution in [0.5, 0.6) is 0 Å². The number of carbonyl (C=O) groups is 1. The molecule has 0 spiro atoms. The van der Waals surface area contributed by atoms with Crippen LogP contribution in [0.25, 0.3) is 0 Å². The molecule has 0 aliphatic heterocycles. The molecule has 0 radical (unpaired) electrons. The number of esters is 1. The van der Waals surface area contributed by atoms with E-state index in [9.17, 15) is 4.79 Å². The predicted octanol–water partition coefficient (Wildman–Crippen LogP) is 1.99. The number of hydrogen-bond donors (Lipinski definition) is 0. The highest BCUT2D eigenvalue weighted by Gasteiger charge is 2.11. The molecule has 0 rings (SSSR count). The summed E-state index contributed by atoms with van der Waals surface area (Å²) in [6.45, 7) is 6.08. The third kappa shape index (κ3) is 4.79. The van der Waals surface area contributed by atoms with Crippen LogP contribution < -0.4 is 0 Å². The summed E-state index contributed by atoms with van der Waals surface area (Å²) >= 11 is 0. The highest BCUT2D eigenvalue weighted by molar-refractivity contribution is 5.72. The number of ether oxygens (including phenoxy) is 1. The highest BCUT2D eigenvalue weighted by Crippen LogP contribution is 2.02. The van der Waals surface area contributed by atoms with E-state index >= 15 is 0 Å². The summed E-state index contributed by atoms with van der Waals surface area (Å²) in [4.78, 5) is 11.0. The van der Waals surface area contributed by atoms with Crippen LogP contribution in [0.15, 0.2) is 0 Å². The molecule has 12 heavy (non-hydrogen) atoms. The van der Waals surface area contributed by atoms with Gasteiger partial charge in [0.2, 0.25) is 0 Å². The molecule has 1 atom stereocenters. The third-order valence-corrected chi connectivity index (χ3v) is 1.40. The van der Waals surface area contributed by atoms with Gasteiger partial charge in [-0.2, -0.15) is 0 Å². The molecule has 0 aromatic carbocycles. The molecule has 0 aromatic heterocycles. The van der Waals surface area contributed by atoms with Gasteiger partial charge in [-0.05, 0) is 6.92 Å². The normalized spacial score (nSPS) is 11.2. The largest absolute Gasteiger partial charge is 0.466 e. The van der Waals surface area contributed by atoms with Crippen molar-refractivity contribution in [2.45, 2.75) is 33.6 Å². The minimum Gasteiger partial charge on any atom is -0.466 e. The lowest BCUT2D eigenvalue weighted by atomic mass is 10.1. The second kappa shape index (κ2) is 6.72. The van der Waals surface area contributed by atoms with Crippen molar-refractivity contribution in [1.82, 2.24) is 0 Å². The van der Waals surface area contributed by atoms with Crippen LogP contribution in [0.3, 0.4) is 0 Å². The fraction of sp³-hybridized carbons (Fsp3) is 0.700. The average molecular weight is 168 g/mol. The Hall–Kier alpha value is -0.970.